The molecule has 1 aromatic carbocycles. The lowest BCUT2D eigenvalue weighted by molar-refractivity contribution is 0.475. The maximum Gasteiger partial charge on any atom is 0.124 e. The number of phenols is 1. The smallest absolute Gasteiger partial charge is 0.124 e. The van der Waals surface area contributed by atoms with Crippen molar-refractivity contribution in [2.75, 3.05) is 0 Å². The van der Waals surface area contributed by atoms with Crippen molar-refractivity contribution < 1.29 is 9.50 Å². The molecule has 17 heavy (non-hydrogen) atoms. The Morgan fingerprint density at radius 1 is 1.18 bits per heavy atom. The molecule has 0 amide bonds. The molecule has 1 aliphatic carbocycles. The molecule has 1 fully saturated rings. The molecule has 0 aliphatic heterocycles. The lowest BCUT2D eigenvalue weighted by Gasteiger charge is -2.08. The Labute approximate surface area is 97.9 Å². The number of hydrogen-bond donors (Lipinski definition) is 1. The number of halogens is 1. The Balaban J connectivity index is 2.17. The summed E-state index contributed by atoms with van der Waals surface area (Å²) in [7, 11) is 0. The Hall–Kier alpha value is -1.97. The number of aromatic hydroxyl groups is 1. The predicted molar refractivity (Wildman–Crippen MR) is 61.1 cm³/mol. The van der Waals surface area contributed by atoms with E-state index in [1.54, 1.807) is 12.3 Å². The van der Waals surface area contributed by atoms with Gasteiger partial charge in [-0.15, -0.1) is 0 Å². The lowest BCUT2D eigenvalue weighted by atomic mass is 10.0. The standard InChI is InChI=1S/C13H11FN2O/c14-9-3-4-12(17)11(7-9)10-5-6-15-16-13(10)8-1-2-8/h3-8,17H,1-2H2. The summed E-state index contributed by atoms with van der Waals surface area (Å²) in [5.41, 5.74) is 2.12. The van der Waals surface area contributed by atoms with Gasteiger partial charge in [-0.1, -0.05) is 0 Å². The first-order valence-electron chi connectivity index (χ1n) is 5.56. The van der Waals surface area contributed by atoms with E-state index in [1.807, 2.05) is 0 Å². The van der Waals surface area contributed by atoms with Crippen molar-refractivity contribution in [1.82, 2.24) is 10.2 Å². The number of hydrogen-bond acceptors (Lipinski definition) is 3. The van der Waals surface area contributed by atoms with Crippen LogP contribution in [-0.4, -0.2) is 15.3 Å². The molecule has 0 spiro atoms. The first-order chi connectivity index (χ1) is 8.25. The maximum absolute atomic E-state index is 13.2. The largest absolute Gasteiger partial charge is 0.507 e. The van der Waals surface area contributed by atoms with Crippen molar-refractivity contribution in [2.24, 2.45) is 0 Å². The van der Waals surface area contributed by atoms with Crippen LogP contribution in [-0.2, 0) is 0 Å². The van der Waals surface area contributed by atoms with Crippen LogP contribution < -0.4 is 0 Å². The number of nitrogens with zero attached hydrogens (tertiary/aromatic N) is 2. The van der Waals surface area contributed by atoms with Gasteiger partial charge in [0, 0.05) is 17.0 Å². The van der Waals surface area contributed by atoms with Gasteiger partial charge in [-0.3, -0.25) is 0 Å². The van der Waals surface area contributed by atoms with E-state index in [-0.39, 0.29) is 11.6 Å². The first-order valence-corrected chi connectivity index (χ1v) is 5.56. The molecule has 1 aliphatic rings. The molecule has 4 heteroatoms. The van der Waals surface area contributed by atoms with E-state index < -0.39 is 0 Å². The Kier molecular flexibility index (Phi) is 2.28. The van der Waals surface area contributed by atoms with E-state index in [0.29, 0.717) is 11.5 Å². The SMILES string of the molecule is Oc1ccc(F)cc1-c1ccnnc1C1CC1. The summed E-state index contributed by atoms with van der Waals surface area (Å²) >= 11 is 0. The molecule has 0 unspecified atom stereocenters. The first kappa shape index (κ1) is 10.2. The van der Waals surface area contributed by atoms with E-state index in [9.17, 15) is 9.50 Å². The van der Waals surface area contributed by atoms with E-state index >= 15 is 0 Å². The third-order valence-electron chi connectivity index (χ3n) is 2.96. The fourth-order valence-electron chi connectivity index (χ4n) is 1.95. The van der Waals surface area contributed by atoms with Gasteiger partial charge in [0.1, 0.15) is 11.6 Å². The molecule has 2 aromatic rings. The molecule has 0 radical (unpaired) electrons. The highest BCUT2D eigenvalue weighted by Gasteiger charge is 2.28. The van der Waals surface area contributed by atoms with E-state index in [4.69, 9.17) is 0 Å². The minimum absolute atomic E-state index is 0.0706. The van der Waals surface area contributed by atoms with Crippen molar-refractivity contribution >= 4 is 0 Å². The second-order valence-electron chi connectivity index (χ2n) is 4.27. The van der Waals surface area contributed by atoms with Crippen LogP contribution in [0.25, 0.3) is 11.1 Å². The van der Waals surface area contributed by atoms with Gasteiger partial charge >= 0.3 is 0 Å². The van der Waals surface area contributed by atoms with Crippen LogP contribution in [0.15, 0.2) is 30.5 Å². The average molecular weight is 230 g/mol. The quantitative estimate of drug-likeness (QED) is 0.862. The Bertz CT molecular complexity index is 567. The Morgan fingerprint density at radius 2 is 2.00 bits per heavy atom. The van der Waals surface area contributed by atoms with E-state index in [2.05, 4.69) is 10.2 Å². The molecule has 3 rings (SSSR count). The predicted octanol–water partition coefficient (Wildman–Crippen LogP) is 2.87. The van der Waals surface area contributed by atoms with Crippen molar-refractivity contribution in [3.63, 3.8) is 0 Å². The zero-order valence-electron chi connectivity index (χ0n) is 9.10. The highest BCUT2D eigenvalue weighted by molar-refractivity contribution is 5.72. The summed E-state index contributed by atoms with van der Waals surface area (Å²) in [4.78, 5) is 0. The van der Waals surface area contributed by atoms with Crippen LogP contribution >= 0.6 is 0 Å². The third-order valence-corrected chi connectivity index (χ3v) is 2.96. The van der Waals surface area contributed by atoms with Gasteiger partial charge in [-0.2, -0.15) is 10.2 Å². The molecule has 1 saturated carbocycles. The van der Waals surface area contributed by atoms with Crippen LogP contribution in [0.1, 0.15) is 24.5 Å². The summed E-state index contributed by atoms with van der Waals surface area (Å²) in [5, 5.41) is 17.8. The molecule has 3 nitrogen and oxygen atoms in total. The topological polar surface area (TPSA) is 46.0 Å². The monoisotopic (exact) mass is 230 g/mol. The van der Waals surface area contributed by atoms with Gasteiger partial charge in [0.05, 0.1) is 11.9 Å². The second-order valence-corrected chi connectivity index (χ2v) is 4.27. The van der Waals surface area contributed by atoms with Crippen LogP contribution in [0.2, 0.25) is 0 Å². The zero-order chi connectivity index (χ0) is 11.8. The Morgan fingerprint density at radius 3 is 2.76 bits per heavy atom. The van der Waals surface area contributed by atoms with Crippen molar-refractivity contribution in [1.29, 1.82) is 0 Å². The number of benzene rings is 1. The fourth-order valence-corrected chi connectivity index (χ4v) is 1.95. The van der Waals surface area contributed by atoms with Gasteiger partial charge in [0.25, 0.3) is 0 Å². The molecule has 0 saturated heterocycles. The van der Waals surface area contributed by atoms with Crippen molar-refractivity contribution in [2.45, 2.75) is 18.8 Å². The molecule has 1 aromatic heterocycles. The summed E-state index contributed by atoms with van der Waals surface area (Å²) < 4.78 is 13.2. The minimum Gasteiger partial charge on any atom is -0.507 e. The van der Waals surface area contributed by atoms with Gasteiger partial charge in [0.2, 0.25) is 0 Å². The molecule has 0 atom stereocenters. The maximum atomic E-state index is 13.2. The number of rotatable bonds is 2. The van der Waals surface area contributed by atoms with Crippen LogP contribution in [0.3, 0.4) is 0 Å². The highest BCUT2D eigenvalue weighted by atomic mass is 19.1. The normalized spacial score (nSPS) is 14.9. The molecule has 1 N–H and O–H groups in total. The van der Waals surface area contributed by atoms with E-state index in [1.165, 1.54) is 18.2 Å². The van der Waals surface area contributed by atoms with Gasteiger partial charge in [-0.05, 0) is 37.1 Å². The zero-order valence-corrected chi connectivity index (χ0v) is 9.10. The van der Waals surface area contributed by atoms with Gasteiger partial charge in [0.15, 0.2) is 0 Å². The van der Waals surface area contributed by atoms with Gasteiger partial charge < -0.3 is 5.11 Å². The van der Waals surface area contributed by atoms with Gasteiger partial charge in [-0.25, -0.2) is 4.39 Å². The summed E-state index contributed by atoms with van der Waals surface area (Å²) in [5.74, 6) is 0.110. The summed E-state index contributed by atoms with van der Waals surface area (Å²) in [6.07, 6.45) is 3.73. The van der Waals surface area contributed by atoms with Crippen LogP contribution in [0.4, 0.5) is 4.39 Å². The molecular formula is C13H11FN2O. The third kappa shape index (κ3) is 1.86. The van der Waals surface area contributed by atoms with Crippen molar-refractivity contribution in [3.8, 4) is 16.9 Å². The summed E-state index contributed by atoms with van der Waals surface area (Å²) in [6.45, 7) is 0. The summed E-state index contributed by atoms with van der Waals surface area (Å²) in [6, 6.07) is 5.71. The minimum atomic E-state index is -0.364. The lowest BCUT2D eigenvalue weighted by Crippen LogP contribution is -1.94. The molecule has 1 heterocycles. The van der Waals surface area contributed by atoms with Crippen LogP contribution in [0, 0.1) is 5.82 Å². The van der Waals surface area contributed by atoms with Crippen molar-refractivity contribution in [3.05, 3.63) is 42.0 Å². The second kappa shape index (κ2) is 3.80. The fraction of sp³-hybridized carbons (Fsp3) is 0.231. The van der Waals surface area contributed by atoms with Crippen LogP contribution in [0.5, 0.6) is 5.75 Å². The van der Waals surface area contributed by atoms with E-state index in [0.717, 1.165) is 24.1 Å². The molecule has 0 bridgehead atoms. The number of aromatic nitrogens is 2. The molecular weight excluding hydrogens is 219 g/mol. The molecule has 86 valence electrons. The number of phenolic OH excluding ortho intramolecular Hbond substituents is 1. The highest BCUT2D eigenvalue weighted by Crippen LogP contribution is 2.44. The average Bonchev–Trinajstić information content (AvgIpc) is 3.16.